The van der Waals surface area contributed by atoms with E-state index in [1.165, 1.54) is 19.4 Å². The largest absolute Gasteiger partial charge is 0.483 e. The third-order valence-electron chi connectivity index (χ3n) is 3.45. The Labute approximate surface area is 125 Å². The maximum Gasteiger partial charge on any atom is 0.312 e. The molecule has 1 aliphatic carbocycles. The van der Waals surface area contributed by atoms with Crippen molar-refractivity contribution in [1.29, 1.82) is 0 Å². The van der Waals surface area contributed by atoms with Crippen molar-refractivity contribution in [3.05, 3.63) is 32.3 Å². The molecule has 0 N–H and O–H groups in total. The molecule has 1 aromatic carbocycles. The minimum atomic E-state index is -0.505. The van der Waals surface area contributed by atoms with E-state index in [1.807, 2.05) is 0 Å². The van der Waals surface area contributed by atoms with E-state index in [1.54, 1.807) is 6.07 Å². The molecule has 1 aliphatic rings. The van der Waals surface area contributed by atoms with Gasteiger partial charge in [-0.15, -0.1) is 0 Å². The number of nitro groups is 1. The third kappa shape index (κ3) is 3.36. The van der Waals surface area contributed by atoms with Crippen molar-refractivity contribution in [2.24, 2.45) is 0 Å². The van der Waals surface area contributed by atoms with Crippen LogP contribution in [0.3, 0.4) is 0 Å². The van der Waals surface area contributed by atoms with Gasteiger partial charge in [-0.2, -0.15) is 0 Å². The molecule has 0 aliphatic heterocycles. The van der Waals surface area contributed by atoms with Crippen LogP contribution < -0.4 is 4.74 Å². The first-order valence-corrected chi connectivity index (χ1v) is 7.44. The smallest absolute Gasteiger partial charge is 0.312 e. The summed E-state index contributed by atoms with van der Waals surface area (Å²) in [7, 11) is 0. The van der Waals surface area contributed by atoms with E-state index in [2.05, 4.69) is 15.9 Å². The number of benzene rings is 1. The Balaban J connectivity index is 2.41. The lowest BCUT2D eigenvalue weighted by Gasteiger charge is -2.23. The summed E-state index contributed by atoms with van der Waals surface area (Å²) in [6.45, 7) is 1.39. The Hall–Kier alpha value is -1.43. The molecule has 1 saturated carbocycles. The zero-order chi connectivity index (χ0) is 14.7. The van der Waals surface area contributed by atoms with Gasteiger partial charge in [0, 0.05) is 10.5 Å². The standard InChI is InChI=1S/C14H16BrNO4/c1-9(17)12-7-10(15)8-13(16(18)19)14(12)20-11-5-3-2-4-6-11/h7-8,11H,2-6H2,1H3. The monoisotopic (exact) mass is 341 g/mol. The Morgan fingerprint density at radius 3 is 2.55 bits per heavy atom. The molecule has 0 bridgehead atoms. The van der Waals surface area contributed by atoms with E-state index in [9.17, 15) is 14.9 Å². The molecule has 0 heterocycles. The van der Waals surface area contributed by atoms with Gasteiger partial charge in [-0.1, -0.05) is 22.4 Å². The van der Waals surface area contributed by atoms with Gasteiger partial charge in [0.15, 0.2) is 5.78 Å². The highest BCUT2D eigenvalue weighted by atomic mass is 79.9. The summed E-state index contributed by atoms with van der Waals surface area (Å²) in [6, 6.07) is 2.96. The van der Waals surface area contributed by atoms with Gasteiger partial charge in [0.2, 0.25) is 5.75 Å². The summed E-state index contributed by atoms with van der Waals surface area (Å²) in [5, 5.41) is 11.2. The van der Waals surface area contributed by atoms with Crippen molar-refractivity contribution in [3.63, 3.8) is 0 Å². The molecule has 0 spiro atoms. The van der Waals surface area contributed by atoms with Crippen LogP contribution in [0.15, 0.2) is 16.6 Å². The van der Waals surface area contributed by atoms with Crippen LogP contribution in [-0.2, 0) is 0 Å². The van der Waals surface area contributed by atoms with Crippen LogP contribution in [-0.4, -0.2) is 16.8 Å². The fraction of sp³-hybridized carbons (Fsp3) is 0.500. The third-order valence-corrected chi connectivity index (χ3v) is 3.90. The van der Waals surface area contributed by atoms with Crippen molar-refractivity contribution in [2.45, 2.75) is 45.1 Å². The molecule has 1 aromatic rings. The summed E-state index contributed by atoms with van der Waals surface area (Å²) in [6.07, 6.45) is 5.01. The highest BCUT2D eigenvalue weighted by molar-refractivity contribution is 9.10. The lowest BCUT2D eigenvalue weighted by Crippen LogP contribution is -2.21. The molecule has 108 valence electrons. The van der Waals surface area contributed by atoms with E-state index >= 15 is 0 Å². The average molecular weight is 342 g/mol. The van der Waals surface area contributed by atoms with Crippen LogP contribution in [0.2, 0.25) is 0 Å². The lowest BCUT2D eigenvalue weighted by molar-refractivity contribution is -0.386. The van der Waals surface area contributed by atoms with E-state index < -0.39 is 4.92 Å². The molecule has 0 amide bonds. The molecular weight excluding hydrogens is 326 g/mol. The number of hydrogen-bond donors (Lipinski definition) is 0. The molecule has 1 fully saturated rings. The minimum absolute atomic E-state index is 0.0401. The van der Waals surface area contributed by atoms with Crippen molar-refractivity contribution < 1.29 is 14.5 Å². The molecule has 6 heteroatoms. The van der Waals surface area contributed by atoms with Gasteiger partial charge < -0.3 is 4.74 Å². The van der Waals surface area contributed by atoms with E-state index in [0.717, 1.165) is 25.7 Å². The van der Waals surface area contributed by atoms with Crippen molar-refractivity contribution in [3.8, 4) is 5.75 Å². The number of rotatable bonds is 4. The number of nitrogens with zero attached hydrogens (tertiary/aromatic N) is 1. The molecule has 0 unspecified atom stereocenters. The molecule has 20 heavy (non-hydrogen) atoms. The van der Waals surface area contributed by atoms with E-state index in [-0.39, 0.29) is 28.9 Å². The van der Waals surface area contributed by atoms with Crippen LogP contribution in [0.1, 0.15) is 49.4 Å². The predicted molar refractivity (Wildman–Crippen MR) is 78.3 cm³/mol. The Morgan fingerprint density at radius 2 is 2.00 bits per heavy atom. The fourth-order valence-corrected chi connectivity index (χ4v) is 2.90. The number of nitro benzene ring substituents is 1. The highest BCUT2D eigenvalue weighted by Gasteiger charge is 2.26. The van der Waals surface area contributed by atoms with Crippen LogP contribution in [0.5, 0.6) is 5.75 Å². The Kier molecular flexibility index (Phi) is 4.75. The van der Waals surface area contributed by atoms with Crippen LogP contribution in [0.25, 0.3) is 0 Å². The Morgan fingerprint density at radius 1 is 1.35 bits per heavy atom. The zero-order valence-electron chi connectivity index (χ0n) is 11.2. The number of hydrogen-bond acceptors (Lipinski definition) is 4. The first-order valence-electron chi connectivity index (χ1n) is 6.64. The van der Waals surface area contributed by atoms with Crippen molar-refractivity contribution >= 4 is 27.4 Å². The molecule has 5 nitrogen and oxygen atoms in total. The number of Topliss-reactive ketones (excluding diaryl/α,β-unsaturated/α-hetero) is 1. The molecule has 2 rings (SSSR count). The summed E-state index contributed by atoms with van der Waals surface area (Å²) in [5.74, 6) is -0.127. The minimum Gasteiger partial charge on any atom is -0.483 e. The fourth-order valence-electron chi connectivity index (χ4n) is 2.45. The quantitative estimate of drug-likeness (QED) is 0.465. The highest BCUT2D eigenvalue weighted by Crippen LogP contribution is 2.37. The van der Waals surface area contributed by atoms with E-state index in [0.29, 0.717) is 4.47 Å². The topological polar surface area (TPSA) is 69.4 Å². The molecule has 0 aromatic heterocycles. The SMILES string of the molecule is CC(=O)c1cc(Br)cc([N+](=O)[O-])c1OC1CCCCC1. The second-order valence-electron chi connectivity index (χ2n) is 4.99. The normalized spacial score (nSPS) is 15.9. The summed E-state index contributed by atoms with van der Waals surface area (Å²) in [4.78, 5) is 22.4. The van der Waals surface area contributed by atoms with Gasteiger partial charge in [-0.3, -0.25) is 14.9 Å². The molecule has 0 saturated heterocycles. The van der Waals surface area contributed by atoms with Crippen molar-refractivity contribution in [2.75, 3.05) is 0 Å². The van der Waals surface area contributed by atoms with Gasteiger partial charge in [-0.25, -0.2) is 0 Å². The maximum absolute atomic E-state index is 11.7. The first-order chi connectivity index (χ1) is 9.49. The molecule has 0 radical (unpaired) electrons. The number of carbonyl (C=O) groups is 1. The Bertz CT molecular complexity index is 503. The molecular formula is C14H16BrNO4. The zero-order valence-corrected chi connectivity index (χ0v) is 12.8. The second kappa shape index (κ2) is 6.35. The lowest BCUT2D eigenvalue weighted by atomic mass is 9.97. The summed E-state index contributed by atoms with van der Waals surface area (Å²) in [5.41, 5.74) is 0.104. The van der Waals surface area contributed by atoms with Crippen LogP contribution >= 0.6 is 15.9 Å². The number of halogens is 1. The van der Waals surface area contributed by atoms with Gasteiger partial charge in [0.1, 0.15) is 0 Å². The number of ether oxygens (including phenoxy) is 1. The average Bonchev–Trinajstić information content (AvgIpc) is 2.41. The van der Waals surface area contributed by atoms with Gasteiger partial charge >= 0.3 is 5.69 Å². The summed E-state index contributed by atoms with van der Waals surface area (Å²) < 4.78 is 6.32. The summed E-state index contributed by atoms with van der Waals surface area (Å²) >= 11 is 3.20. The van der Waals surface area contributed by atoms with Gasteiger partial charge in [-0.05, 0) is 38.7 Å². The number of ketones is 1. The van der Waals surface area contributed by atoms with E-state index in [4.69, 9.17) is 4.74 Å². The van der Waals surface area contributed by atoms with Gasteiger partial charge in [0.25, 0.3) is 0 Å². The number of carbonyl (C=O) groups excluding carboxylic acids is 1. The van der Waals surface area contributed by atoms with Crippen LogP contribution in [0.4, 0.5) is 5.69 Å². The molecule has 0 atom stereocenters. The van der Waals surface area contributed by atoms with Crippen LogP contribution in [0, 0.1) is 10.1 Å². The maximum atomic E-state index is 11.7. The second-order valence-corrected chi connectivity index (χ2v) is 5.91. The predicted octanol–water partition coefficient (Wildman–Crippen LogP) is 4.27. The van der Waals surface area contributed by atoms with Crippen molar-refractivity contribution in [1.82, 2.24) is 0 Å². The first kappa shape index (κ1) is 15.0. The van der Waals surface area contributed by atoms with Gasteiger partial charge in [0.05, 0.1) is 16.6 Å².